The zero-order chi connectivity index (χ0) is 14.4. The van der Waals surface area contributed by atoms with Gasteiger partial charge in [-0.3, -0.25) is 4.79 Å². The highest BCUT2D eigenvalue weighted by Crippen LogP contribution is 2.25. The molecule has 0 bridgehead atoms. The number of likely N-dealkylation sites (tertiary alicyclic amines) is 1. The summed E-state index contributed by atoms with van der Waals surface area (Å²) in [6.07, 6.45) is 3.60. The number of benzene rings is 1. The van der Waals surface area contributed by atoms with Gasteiger partial charge in [-0.1, -0.05) is 0 Å². The van der Waals surface area contributed by atoms with Gasteiger partial charge in [-0.25, -0.2) is 0 Å². The molecular formula is C16H23NO3. The Morgan fingerprint density at radius 1 is 1.30 bits per heavy atom. The number of hydrogen-bond acceptors (Lipinski definition) is 4. The van der Waals surface area contributed by atoms with Crippen LogP contribution in [0.15, 0.2) is 18.2 Å². The van der Waals surface area contributed by atoms with Gasteiger partial charge in [-0.05, 0) is 51.4 Å². The number of methoxy groups -OCH3 is 1. The second-order valence-corrected chi connectivity index (χ2v) is 5.17. The number of Topliss-reactive ketones (excluding diaryl/α,β-unsaturated/α-hetero) is 1. The molecule has 0 saturated carbocycles. The van der Waals surface area contributed by atoms with E-state index < -0.39 is 0 Å². The van der Waals surface area contributed by atoms with Crippen molar-refractivity contribution in [1.82, 2.24) is 4.90 Å². The molecule has 110 valence electrons. The number of ether oxygens (including phenoxy) is 2. The van der Waals surface area contributed by atoms with Crippen molar-refractivity contribution in [3.05, 3.63) is 23.8 Å². The Labute approximate surface area is 120 Å². The van der Waals surface area contributed by atoms with Crippen molar-refractivity contribution in [1.29, 1.82) is 0 Å². The Kier molecular flexibility index (Phi) is 5.41. The van der Waals surface area contributed by atoms with Gasteiger partial charge in [0.2, 0.25) is 0 Å². The Bertz CT molecular complexity index is 453. The summed E-state index contributed by atoms with van der Waals surface area (Å²) < 4.78 is 11.0. The zero-order valence-electron chi connectivity index (χ0n) is 12.4. The van der Waals surface area contributed by atoms with E-state index in [0.717, 1.165) is 13.0 Å². The van der Waals surface area contributed by atoms with E-state index >= 15 is 0 Å². The predicted molar refractivity (Wildman–Crippen MR) is 78.8 cm³/mol. The number of nitrogens with zero attached hydrogens (tertiary/aromatic N) is 1. The SMILES string of the molecule is COc1ccc(C(C)=O)c(OCCCN2CCCC2)c1. The van der Waals surface area contributed by atoms with Gasteiger partial charge in [0.25, 0.3) is 0 Å². The smallest absolute Gasteiger partial charge is 0.163 e. The second kappa shape index (κ2) is 7.29. The Hall–Kier alpha value is -1.55. The molecular weight excluding hydrogens is 254 g/mol. The lowest BCUT2D eigenvalue weighted by Gasteiger charge is -2.15. The summed E-state index contributed by atoms with van der Waals surface area (Å²) in [7, 11) is 1.61. The van der Waals surface area contributed by atoms with E-state index in [1.807, 2.05) is 0 Å². The predicted octanol–water partition coefficient (Wildman–Crippen LogP) is 2.76. The summed E-state index contributed by atoms with van der Waals surface area (Å²) in [5, 5.41) is 0. The molecule has 4 heteroatoms. The Balaban J connectivity index is 1.88. The summed E-state index contributed by atoms with van der Waals surface area (Å²) in [5.41, 5.74) is 0.618. The molecule has 1 saturated heterocycles. The molecule has 0 aliphatic carbocycles. The fourth-order valence-corrected chi connectivity index (χ4v) is 2.52. The van der Waals surface area contributed by atoms with E-state index in [-0.39, 0.29) is 5.78 Å². The highest BCUT2D eigenvalue weighted by molar-refractivity contribution is 5.97. The van der Waals surface area contributed by atoms with Crippen LogP contribution in [0, 0.1) is 0 Å². The van der Waals surface area contributed by atoms with Crippen LogP contribution in [0.5, 0.6) is 11.5 Å². The van der Waals surface area contributed by atoms with Gasteiger partial charge in [0.1, 0.15) is 11.5 Å². The van der Waals surface area contributed by atoms with E-state index in [1.54, 1.807) is 32.2 Å². The molecule has 1 aromatic carbocycles. The maximum Gasteiger partial charge on any atom is 0.163 e. The molecule has 1 aliphatic heterocycles. The van der Waals surface area contributed by atoms with Gasteiger partial charge in [-0.15, -0.1) is 0 Å². The zero-order valence-corrected chi connectivity index (χ0v) is 12.4. The number of hydrogen-bond donors (Lipinski definition) is 0. The van der Waals surface area contributed by atoms with E-state index in [9.17, 15) is 4.79 Å². The van der Waals surface area contributed by atoms with Crippen LogP contribution in [0.2, 0.25) is 0 Å². The summed E-state index contributed by atoms with van der Waals surface area (Å²) in [6.45, 7) is 5.66. The van der Waals surface area contributed by atoms with Gasteiger partial charge in [0.15, 0.2) is 5.78 Å². The first-order valence-corrected chi connectivity index (χ1v) is 7.25. The van der Waals surface area contributed by atoms with Gasteiger partial charge < -0.3 is 14.4 Å². The molecule has 0 amide bonds. The van der Waals surface area contributed by atoms with Crippen LogP contribution in [0.4, 0.5) is 0 Å². The lowest BCUT2D eigenvalue weighted by Crippen LogP contribution is -2.22. The van der Waals surface area contributed by atoms with E-state index in [2.05, 4.69) is 4.90 Å². The first kappa shape index (κ1) is 14.9. The molecule has 0 spiro atoms. The van der Waals surface area contributed by atoms with Crippen molar-refractivity contribution < 1.29 is 14.3 Å². The maximum absolute atomic E-state index is 11.6. The Morgan fingerprint density at radius 3 is 2.70 bits per heavy atom. The standard InChI is InChI=1S/C16H23NO3/c1-13(18)15-7-6-14(19-2)12-16(15)20-11-5-10-17-8-3-4-9-17/h6-7,12H,3-5,8-11H2,1-2H3. The van der Waals surface area contributed by atoms with Crippen molar-refractivity contribution in [2.24, 2.45) is 0 Å². The molecule has 1 aliphatic rings. The summed E-state index contributed by atoms with van der Waals surface area (Å²) in [6, 6.07) is 5.33. The van der Waals surface area contributed by atoms with Crippen LogP contribution in [0.25, 0.3) is 0 Å². The Morgan fingerprint density at radius 2 is 2.05 bits per heavy atom. The lowest BCUT2D eigenvalue weighted by molar-refractivity contribution is 0.101. The monoisotopic (exact) mass is 277 g/mol. The minimum atomic E-state index is 0.0159. The number of carbonyl (C=O) groups is 1. The van der Waals surface area contributed by atoms with E-state index in [0.29, 0.717) is 23.7 Å². The molecule has 0 unspecified atom stereocenters. The van der Waals surface area contributed by atoms with Gasteiger partial charge in [0, 0.05) is 12.6 Å². The van der Waals surface area contributed by atoms with Gasteiger partial charge in [-0.2, -0.15) is 0 Å². The molecule has 4 nitrogen and oxygen atoms in total. The number of ketones is 1. The molecule has 0 aromatic heterocycles. The first-order valence-electron chi connectivity index (χ1n) is 7.25. The van der Waals surface area contributed by atoms with Crippen LogP contribution >= 0.6 is 0 Å². The van der Waals surface area contributed by atoms with Gasteiger partial charge >= 0.3 is 0 Å². The third-order valence-corrected chi connectivity index (χ3v) is 3.64. The normalized spacial score (nSPS) is 15.3. The van der Waals surface area contributed by atoms with Crippen molar-refractivity contribution in [2.45, 2.75) is 26.2 Å². The van der Waals surface area contributed by atoms with Crippen molar-refractivity contribution in [2.75, 3.05) is 33.4 Å². The number of rotatable bonds is 7. The number of carbonyl (C=O) groups excluding carboxylic acids is 1. The van der Waals surface area contributed by atoms with Crippen LogP contribution in [-0.2, 0) is 0 Å². The van der Waals surface area contributed by atoms with E-state index in [4.69, 9.17) is 9.47 Å². The molecule has 0 N–H and O–H groups in total. The molecule has 0 radical (unpaired) electrons. The molecule has 1 aromatic rings. The van der Waals surface area contributed by atoms with Crippen molar-refractivity contribution in [3.63, 3.8) is 0 Å². The minimum Gasteiger partial charge on any atom is -0.497 e. The van der Waals surface area contributed by atoms with Crippen molar-refractivity contribution >= 4 is 5.78 Å². The minimum absolute atomic E-state index is 0.0159. The maximum atomic E-state index is 11.6. The average Bonchev–Trinajstić information content (AvgIpc) is 2.96. The second-order valence-electron chi connectivity index (χ2n) is 5.17. The third kappa shape index (κ3) is 3.97. The fourth-order valence-electron chi connectivity index (χ4n) is 2.52. The first-order chi connectivity index (χ1) is 9.70. The molecule has 0 atom stereocenters. The summed E-state index contributed by atoms with van der Waals surface area (Å²) in [4.78, 5) is 14.0. The third-order valence-electron chi connectivity index (χ3n) is 3.64. The van der Waals surface area contributed by atoms with Crippen LogP contribution in [0.3, 0.4) is 0 Å². The lowest BCUT2D eigenvalue weighted by atomic mass is 10.1. The highest BCUT2D eigenvalue weighted by atomic mass is 16.5. The van der Waals surface area contributed by atoms with Crippen LogP contribution in [-0.4, -0.2) is 44.0 Å². The topological polar surface area (TPSA) is 38.8 Å². The molecule has 2 rings (SSSR count). The van der Waals surface area contributed by atoms with E-state index in [1.165, 1.54) is 25.9 Å². The largest absolute Gasteiger partial charge is 0.497 e. The fraction of sp³-hybridized carbons (Fsp3) is 0.562. The molecule has 20 heavy (non-hydrogen) atoms. The summed E-state index contributed by atoms with van der Waals surface area (Å²) in [5.74, 6) is 1.35. The van der Waals surface area contributed by atoms with Gasteiger partial charge in [0.05, 0.1) is 19.3 Å². The average molecular weight is 277 g/mol. The summed E-state index contributed by atoms with van der Waals surface area (Å²) >= 11 is 0. The molecule has 1 fully saturated rings. The highest BCUT2D eigenvalue weighted by Gasteiger charge is 2.12. The van der Waals surface area contributed by atoms with Crippen LogP contribution in [0.1, 0.15) is 36.5 Å². The quantitative estimate of drug-likeness (QED) is 0.567. The van der Waals surface area contributed by atoms with Crippen molar-refractivity contribution in [3.8, 4) is 11.5 Å². The van der Waals surface area contributed by atoms with Crippen LogP contribution < -0.4 is 9.47 Å². The molecule has 1 heterocycles.